The van der Waals surface area contributed by atoms with Crippen molar-refractivity contribution in [2.24, 2.45) is 23.7 Å². The minimum Gasteiger partial charge on any atom is -0.341 e. The molecule has 5 aliphatic rings. The van der Waals surface area contributed by atoms with Crippen molar-refractivity contribution >= 4 is 11.9 Å². The van der Waals surface area contributed by atoms with Gasteiger partial charge in [-0.2, -0.15) is 0 Å². The third-order valence-electron chi connectivity index (χ3n) is 8.22. The number of hydrogen-bond acceptors (Lipinski definition) is 2. The first-order valence-electron chi connectivity index (χ1n) is 11.0. The standard InChI is InChI=1S/C23H30FN3O2/c1-25-22(29)26-20-12-27(13-20)21(28)11-23(16-2-4-19(24)5-3-16)17-7-14-6-15(9-17)10-18(23)8-14/h2-5,14-15,17-18,20H,6-13H2,1H3,(H2,25,26,29). The molecular weight excluding hydrogens is 369 g/mol. The monoisotopic (exact) mass is 399 g/mol. The van der Waals surface area contributed by atoms with E-state index in [1.54, 1.807) is 19.2 Å². The second kappa shape index (κ2) is 6.99. The second-order valence-corrected chi connectivity index (χ2v) is 9.75. The number of amides is 3. The average Bonchev–Trinajstić information content (AvgIpc) is 2.67. The van der Waals surface area contributed by atoms with E-state index < -0.39 is 0 Å². The Kier molecular flexibility index (Phi) is 4.56. The van der Waals surface area contributed by atoms with Crippen molar-refractivity contribution in [1.82, 2.24) is 15.5 Å². The topological polar surface area (TPSA) is 61.4 Å². The van der Waals surface area contributed by atoms with Gasteiger partial charge < -0.3 is 15.5 Å². The number of urea groups is 1. The van der Waals surface area contributed by atoms with Crippen LogP contribution in [0.5, 0.6) is 0 Å². The summed E-state index contributed by atoms with van der Waals surface area (Å²) in [5.74, 6) is 2.63. The minimum absolute atomic E-state index is 0.0270. The summed E-state index contributed by atoms with van der Waals surface area (Å²) in [5, 5.41) is 5.42. The van der Waals surface area contributed by atoms with Crippen LogP contribution in [0.2, 0.25) is 0 Å². The molecule has 4 aliphatic carbocycles. The molecule has 4 bridgehead atoms. The summed E-state index contributed by atoms with van der Waals surface area (Å²) in [6.45, 7) is 1.15. The molecule has 1 aliphatic heterocycles. The van der Waals surface area contributed by atoms with Crippen LogP contribution in [0, 0.1) is 29.5 Å². The van der Waals surface area contributed by atoms with E-state index in [1.807, 2.05) is 17.0 Å². The van der Waals surface area contributed by atoms with Crippen LogP contribution in [0.4, 0.5) is 9.18 Å². The number of hydrogen-bond donors (Lipinski definition) is 2. The number of nitrogens with zero attached hydrogens (tertiary/aromatic N) is 1. The molecule has 1 saturated heterocycles. The molecule has 0 spiro atoms. The van der Waals surface area contributed by atoms with Crippen LogP contribution in [-0.2, 0) is 10.2 Å². The number of rotatable bonds is 4. The van der Waals surface area contributed by atoms with E-state index in [9.17, 15) is 14.0 Å². The van der Waals surface area contributed by atoms with E-state index in [0.717, 1.165) is 17.4 Å². The molecular formula is C23H30FN3O2. The highest BCUT2D eigenvalue weighted by Crippen LogP contribution is 2.64. The number of halogens is 1. The van der Waals surface area contributed by atoms with Gasteiger partial charge in [0.05, 0.1) is 6.04 Å². The van der Waals surface area contributed by atoms with E-state index >= 15 is 0 Å². The van der Waals surface area contributed by atoms with Crippen LogP contribution in [0.15, 0.2) is 24.3 Å². The number of benzene rings is 1. The third-order valence-corrected chi connectivity index (χ3v) is 8.22. The lowest BCUT2D eigenvalue weighted by molar-refractivity contribution is -0.143. The molecule has 0 radical (unpaired) electrons. The van der Waals surface area contributed by atoms with Crippen LogP contribution in [0.1, 0.15) is 44.1 Å². The van der Waals surface area contributed by atoms with Gasteiger partial charge in [-0.3, -0.25) is 4.79 Å². The molecule has 5 fully saturated rings. The predicted molar refractivity (Wildman–Crippen MR) is 108 cm³/mol. The smallest absolute Gasteiger partial charge is 0.314 e. The highest BCUT2D eigenvalue weighted by atomic mass is 19.1. The Morgan fingerprint density at radius 1 is 1.03 bits per heavy atom. The fourth-order valence-corrected chi connectivity index (χ4v) is 7.04. The Bertz CT molecular complexity index is 775. The van der Waals surface area contributed by atoms with E-state index in [2.05, 4.69) is 10.6 Å². The normalized spacial score (nSPS) is 35.3. The van der Waals surface area contributed by atoms with Crippen molar-refractivity contribution in [3.63, 3.8) is 0 Å². The van der Waals surface area contributed by atoms with E-state index in [0.29, 0.717) is 31.3 Å². The van der Waals surface area contributed by atoms with Gasteiger partial charge in [0.1, 0.15) is 5.82 Å². The Labute approximate surface area is 171 Å². The Morgan fingerprint density at radius 3 is 2.17 bits per heavy atom. The van der Waals surface area contributed by atoms with Gasteiger partial charge in [-0.15, -0.1) is 0 Å². The zero-order valence-corrected chi connectivity index (χ0v) is 17.0. The number of carbonyl (C=O) groups excluding carboxylic acids is 2. The maximum absolute atomic E-state index is 13.7. The van der Waals surface area contributed by atoms with Gasteiger partial charge in [-0.05, 0) is 73.5 Å². The number of likely N-dealkylation sites (tertiary alicyclic amines) is 1. The van der Waals surface area contributed by atoms with Gasteiger partial charge in [0.15, 0.2) is 0 Å². The zero-order chi connectivity index (χ0) is 20.2. The molecule has 1 heterocycles. The summed E-state index contributed by atoms with van der Waals surface area (Å²) in [4.78, 5) is 26.6. The Morgan fingerprint density at radius 2 is 1.62 bits per heavy atom. The Balaban J connectivity index is 1.37. The zero-order valence-electron chi connectivity index (χ0n) is 17.0. The molecule has 5 nitrogen and oxygen atoms in total. The molecule has 0 aromatic heterocycles. The summed E-state index contributed by atoms with van der Waals surface area (Å²) in [6, 6.07) is 6.79. The lowest BCUT2D eigenvalue weighted by Crippen LogP contribution is -2.64. The molecule has 6 rings (SSSR count). The summed E-state index contributed by atoms with van der Waals surface area (Å²) < 4.78 is 13.7. The molecule has 29 heavy (non-hydrogen) atoms. The molecule has 4 saturated carbocycles. The van der Waals surface area contributed by atoms with E-state index in [-0.39, 0.29) is 29.2 Å². The highest BCUT2D eigenvalue weighted by molar-refractivity contribution is 5.80. The molecule has 3 amide bonds. The molecule has 0 atom stereocenters. The van der Waals surface area contributed by atoms with Crippen molar-refractivity contribution in [3.8, 4) is 0 Å². The lowest BCUT2D eigenvalue weighted by atomic mass is 9.43. The van der Waals surface area contributed by atoms with Crippen LogP contribution in [0.25, 0.3) is 0 Å². The van der Waals surface area contributed by atoms with Crippen molar-refractivity contribution in [3.05, 3.63) is 35.6 Å². The quantitative estimate of drug-likeness (QED) is 0.818. The van der Waals surface area contributed by atoms with Gasteiger partial charge in [-0.1, -0.05) is 12.1 Å². The van der Waals surface area contributed by atoms with Gasteiger partial charge >= 0.3 is 6.03 Å². The summed E-state index contributed by atoms with van der Waals surface area (Å²) in [5.41, 5.74) is 0.999. The maximum Gasteiger partial charge on any atom is 0.314 e. The maximum atomic E-state index is 13.7. The average molecular weight is 400 g/mol. The lowest BCUT2D eigenvalue weighted by Gasteiger charge is -2.62. The Hall–Kier alpha value is -2.11. The fraction of sp³-hybridized carbons (Fsp3) is 0.652. The SMILES string of the molecule is CNC(=O)NC1CN(C(=O)CC2(c3ccc(F)cc3)C3CC4CC(C3)CC2C4)C1. The van der Waals surface area contributed by atoms with Gasteiger partial charge in [-0.25, -0.2) is 9.18 Å². The van der Waals surface area contributed by atoms with Crippen molar-refractivity contribution in [1.29, 1.82) is 0 Å². The molecule has 2 N–H and O–H groups in total. The van der Waals surface area contributed by atoms with Gasteiger partial charge in [0.2, 0.25) is 5.91 Å². The fourth-order valence-electron chi connectivity index (χ4n) is 7.04. The first kappa shape index (κ1) is 18.9. The second-order valence-electron chi connectivity index (χ2n) is 9.75. The van der Waals surface area contributed by atoms with E-state index in [1.165, 1.54) is 32.1 Å². The van der Waals surface area contributed by atoms with Crippen LogP contribution < -0.4 is 10.6 Å². The predicted octanol–water partition coefficient (Wildman–Crippen LogP) is 3.05. The molecule has 0 unspecified atom stereocenters. The van der Waals surface area contributed by atoms with E-state index in [4.69, 9.17) is 0 Å². The summed E-state index contributed by atoms with van der Waals surface area (Å²) in [6.07, 6.45) is 6.70. The summed E-state index contributed by atoms with van der Waals surface area (Å²) in [7, 11) is 1.59. The molecule has 6 heteroatoms. The number of carbonyl (C=O) groups is 2. The molecule has 1 aromatic carbocycles. The highest BCUT2D eigenvalue weighted by Gasteiger charge is 2.58. The van der Waals surface area contributed by atoms with Crippen LogP contribution in [0.3, 0.4) is 0 Å². The van der Waals surface area contributed by atoms with Crippen LogP contribution >= 0.6 is 0 Å². The molecule has 1 aromatic rings. The first-order valence-corrected chi connectivity index (χ1v) is 11.0. The van der Waals surface area contributed by atoms with Gasteiger partial charge in [0.25, 0.3) is 0 Å². The van der Waals surface area contributed by atoms with Gasteiger partial charge in [0, 0.05) is 32.0 Å². The van der Waals surface area contributed by atoms with Crippen molar-refractivity contribution < 1.29 is 14.0 Å². The van der Waals surface area contributed by atoms with Crippen molar-refractivity contribution in [2.45, 2.75) is 50.0 Å². The van der Waals surface area contributed by atoms with Crippen molar-refractivity contribution in [2.75, 3.05) is 20.1 Å². The third kappa shape index (κ3) is 3.11. The minimum atomic E-state index is -0.218. The largest absolute Gasteiger partial charge is 0.341 e. The first-order chi connectivity index (χ1) is 14.0. The number of nitrogens with one attached hydrogen (secondary N) is 2. The molecule has 156 valence electrons. The summed E-state index contributed by atoms with van der Waals surface area (Å²) >= 11 is 0. The van der Waals surface area contributed by atoms with Crippen LogP contribution in [-0.4, -0.2) is 43.0 Å².